The Balaban J connectivity index is 1.01. The molecular weight excluding hydrogens is 771 g/mol. The predicted octanol–water partition coefficient (Wildman–Crippen LogP) is 15.5. The van der Waals surface area contributed by atoms with Crippen molar-refractivity contribution >= 4 is 71.3 Å². The van der Waals surface area contributed by atoms with Crippen LogP contribution in [0.4, 0.5) is 0 Å². The summed E-state index contributed by atoms with van der Waals surface area (Å²) in [6, 6.07) is 62.0. The minimum Gasteiger partial charge on any atom is -0.460 e. The van der Waals surface area contributed by atoms with E-state index in [4.69, 9.17) is 23.8 Å². The van der Waals surface area contributed by atoms with Gasteiger partial charge in [0.05, 0.1) is 0 Å². The molecule has 1 atom stereocenters. The van der Waals surface area contributed by atoms with Crippen molar-refractivity contribution in [3.05, 3.63) is 193 Å². The zero-order valence-electron chi connectivity index (χ0n) is 34.3. The van der Waals surface area contributed by atoms with E-state index in [0.717, 1.165) is 83.9 Å². The van der Waals surface area contributed by atoms with Crippen molar-refractivity contribution < 1.29 is 8.83 Å². The van der Waals surface area contributed by atoms with E-state index in [0.29, 0.717) is 23.4 Å². The van der Waals surface area contributed by atoms with Crippen molar-refractivity contribution in [2.75, 3.05) is 0 Å². The van der Waals surface area contributed by atoms with Gasteiger partial charge in [0.2, 0.25) is 0 Å². The van der Waals surface area contributed by atoms with Crippen molar-refractivity contribution in [2.45, 2.75) is 13.3 Å². The fourth-order valence-electron chi connectivity index (χ4n) is 9.83. The summed E-state index contributed by atoms with van der Waals surface area (Å²) in [5, 5.41) is 10.2. The smallest absolute Gasteiger partial charge is 0.164 e. The monoisotopic (exact) mass is 807 g/mol. The van der Waals surface area contributed by atoms with E-state index in [1.807, 2.05) is 12.1 Å². The molecule has 3 aromatic heterocycles. The maximum Gasteiger partial charge on any atom is 0.164 e. The highest BCUT2D eigenvalue weighted by molar-refractivity contribution is 6.17. The number of benzene rings is 9. The van der Waals surface area contributed by atoms with Crippen LogP contribution in [0.2, 0.25) is 0 Å². The van der Waals surface area contributed by atoms with Crippen molar-refractivity contribution in [3.63, 3.8) is 0 Å². The van der Waals surface area contributed by atoms with Crippen LogP contribution in [-0.2, 0) is 6.42 Å². The lowest BCUT2D eigenvalue weighted by molar-refractivity contribution is 0.513. The number of allylic oxidation sites excluding steroid dienone is 1. The fourth-order valence-corrected chi connectivity index (χ4v) is 9.83. The number of aromatic nitrogens is 3. The summed E-state index contributed by atoms with van der Waals surface area (Å²) < 4.78 is 13.4. The van der Waals surface area contributed by atoms with Crippen LogP contribution >= 0.6 is 0 Å². The van der Waals surface area contributed by atoms with E-state index in [1.165, 1.54) is 38.1 Å². The zero-order valence-corrected chi connectivity index (χ0v) is 34.3. The molecule has 0 N–H and O–H groups in total. The van der Waals surface area contributed by atoms with E-state index in [9.17, 15) is 0 Å². The third kappa shape index (κ3) is 5.74. The summed E-state index contributed by atoms with van der Waals surface area (Å²) >= 11 is 0. The topological polar surface area (TPSA) is 65.0 Å². The van der Waals surface area contributed by atoms with Crippen LogP contribution in [0.5, 0.6) is 0 Å². The molecule has 3 heterocycles. The van der Waals surface area contributed by atoms with Crippen LogP contribution in [0.3, 0.4) is 0 Å². The lowest BCUT2D eigenvalue weighted by Crippen LogP contribution is -2.00. The highest BCUT2D eigenvalue weighted by Crippen LogP contribution is 2.43. The second-order valence-corrected chi connectivity index (χ2v) is 16.8. The Morgan fingerprint density at radius 1 is 0.429 bits per heavy atom. The van der Waals surface area contributed by atoms with Gasteiger partial charge in [0.1, 0.15) is 22.5 Å². The normalized spacial score (nSPS) is 13.8. The number of para-hydroxylation sites is 1. The van der Waals surface area contributed by atoms with Gasteiger partial charge in [-0.25, -0.2) is 15.0 Å². The summed E-state index contributed by atoms with van der Waals surface area (Å²) in [7, 11) is 0. The summed E-state index contributed by atoms with van der Waals surface area (Å²) in [5.41, 5.74) is 10.8. The van der Waals surface area contributed by atoms with Gasteiger partial charge in [-0.05, 0) is 79.2 Å². The van der Waals surface area contributed by atoms with Crippen molar-refractivity contribution in [2.24, 2.45) is 5.92 Å². The minimum absolute atomic E-state index is 0.434. The molecule has 0 amide bonds. The molecule has 5 heteroatoms. The summed E-state index contributed by atoms with van der Waals surface area (Å²) in [6.45, 7) is 2.22. The first-order chi connectivity index (χ1) is 31.1. The van der Waals surface area contributed by atoms with Crippen LogP contribution in [0, 0.1) is 5.92 Å². The van der Waals surface area contributed by atoms with Crippen molar-refractivity contribution in [1.82, 2.24) is 15.0 Å². The molecule has 12 aromatic rings. The molecule has 13 rings (SSSR count). The SMILES string of the molecule is CC1C=Cc2c(oc3cc(-c4nc(-c5ccc6c(ccc7ccccc76)c5)nc(-c5cccc6oc7c(-c8cccc9c(-c%10ccccc%10)cccc89)cccc7c56)n4)ccc23)C1. The van der Waals surface area contributed by atoms with Gasteiger partial charge in [-0.2, -0.15) is 0 Å². The first-order valence-corrected chi connectivity index (χ1v) is 21.6. The molecule has 1 aliphatic rings. The zero-order chi connectivity index (χ0) is 41.6. The van der Waals surface area contributed by atoms with Gasteiger partial charge >= 0.3 is 0 Å². The van der Waals surface area contributed by atoms with Crippen LogP contribution in [0.15, 0.2) is 191 Å². The quantitative estimate of drug-likeness (QED) is 0.162. The number of fused-ring (bicyclic) bond motifs is 10. The largest absolute Gasteiger partial charge is 0.460 e. The number of furan rings is 2. The first-order valence-electron chi connectivity index (χ1n) is 21.6. The molecule has 63 heavy (non-hydrogen) atoms. The Morgan fingerprint density at radius 2 is 1.06 bits per heavy atom. The van der Waals surface area contributed by atoms with Gasteiger partial charge in [-0.3, -0.25) is 0 Å². The Labute approximate surface area is 362 Å². The molecule has 5 nitrogen and oxygen atoms in total. The Bertz CT molecular complexity index is 3860. The van der Waals surface area contributed by atoms with Gasteiger partial charge in [0.15, 0.2) is 17.5 Å². The van der Waals surface area contributed by atoms with Crippen molar-refractivity contribution in [1.29, 1.82) is 0 Å². The molecule has 1 unspecified atom stereocenters. The highest BCUT2D eigenvalue weighted by atomic mass is 16.3. The van der Waals surface area contributed by atoms with E-state index in [1.54, 1.807) is 0 Å². The number of hydrogen-bond donors (Lipinski definition) is 0. The van der Waals surface area contributed by atoms with Crippen LogP contribution < -0.4 is 0 Å². The van der Waals surface area contributed by atoms with Crippen LogP contribution in [0.25, 0.3) is 128 Å². The van der Waals surface area contributed by atoms with Crippen LogP contribution in [-0.4, -0.2) is 15.0 Å². The maximum atomic E-state index is 6.88. The minimum atomic E-state index is 0.434. The number of rotatable bonds is 5. The van der Waals surface area contributed by atoms with Gasteiger partial charge in [0, 0.05) is 50.4 Å². The molecule has 0 saturated carbocycles. The highest BCUT2D eigenvalue weighted by Gasteiger charge is 2.23. The molecule has 0 aliphatic heterocycles. The Kier molecular flexibility index (Phi) is 7.88. The van der Waals surface area contributed by atoms with Crippen LogP contribution in [0.1, 0.15) is 18.2 Å². The molecule has 0 saturated heterocycles. The average Bonchev–Trinajstić information content (AvgIpc) is 3.91. The molecule has 1 aliphatic carbocycles. The molecule has 0 fully saturated rings. The molecule has 9 aromatic carbocycles. The lowest BCUT2D eigenvalue weighted by Gasteiger charge is -2.12. The molecule has 0 radical (unpaired) electrons. The second-order valence-electron chi connectivity index (χ2n) is 16.8. The average molecular weight is 808 g/mol. The Hall–Kier alpha value is -8.15. The Morgan fingerprint density at radius 3 is 1.92 bits per heavy atom. The molecule has 296 valence electrons. The predicted molar refractivity (Wildman–Crippen MR) is 258 cm³/mol. The van der Waals surface area contributed by atoms with E-state index >= 15 is 0 Å². The summed E-state index contributed by atoms with van der Waals surface area (Å²) in [6.07, 6.45) is 5.34. The van der Waals surface area contributed by atoms with Gasteiger partial charge in [0.25, 0.3) is 0 Å². The molecule has 0 spiro atoms. The fraction of sp³-hybridized carbons (Fsp3) is 0.0517. The molecular formula is C58H37N3O2. The third-order valence-corrected chi connectivity index (χ3v) is 12.9. The lowest BCUT2D eigenvalue weighted by atomic mass is 9.92. The first kappa shape index (κ1) is 35.6. The van der Waals surface area contributed by atoms with E-state index in [-0.39, 0.29) is 0 Å². The summed E-state index contributed by atoms with van der Waals surface area (Å²) in [5.74, 6) is 3.19. The second kappa shape index (κ2) is 13.9. The summed E-state index contributed by atoms with van der Waals surface area (Å²) in [4.78, 5) is 15.8. The van der Waals surface area contributed by atoms with E-state index < -0.39 is 0 Å². The maximum absolute atomic E-state index is 6.88. The number of hydrogen-bond acceptors (Lipinski definition) is 5. The third-order valence-electron chi connectivity index (χ3n) is 12.9. The molecule has 0 bridgehead atoms. The van der Waals surface area contributed by atoms with Crippen molar-refractivity contribution in [3.8, 4) is 56.4 Å². The number of nitrogens with zero attached hydrogens (tertiary/aromatic N) is 3. The van der Waals surface area contributed by atoms with Gasteiger partial charge < -0.3 is 8.83 Å². The van der Waals surface area contributed by atoms with Gasteiger partial charge in [-0.1, -0.05) is 171 Å². The standard InChI is InChI=1S/C58H37N3O2/c1-34-23-28-46-47-30-27-39(33-53(47)62-52(46)31-34)57-59-56(38-26-29-42-37(32-38)25-24-36-13-5-6-14-40(36)42)60-58(61-57)50-21-10-22-51-54(50)49-20-9-19-48(55(49)63-51)45-18-8-16-43-41(15-7-17-44(43)45)35-11-3-2-4-12-35/h2-30,32-34H,31H2,1H3. The van der Waals surface area contributed by atoms with Gasteiger partial charge in [-0.15, -0.1) is 0 Å². The van der Waals surface area contributed by atoms with E-state index in [2.05, 4.69) is 183 Å².